The number of nitrogens with zero attached hydrogens (tertiary/aromatic N) is 4. The molecule has 0 saturated carbocycles. The van der Waals surface area contributed by atoms with Crippen LogP contribution in [0.5, 0.6) is 0 Å². The molecule has 0 amide bonds. The standard InChI is InChI=1S/C18H14ClFN4O/c1-2-24-10-21-15-8-11(6-7-16(15)24)18-22-17(25-23-18)9-12-13(19)4-3-5-14(12)20/h3-8,10H,2,9H2,1H3. The zero-order chi connectivity index (χ0) is 17.4. The maximum absolute atomic E-state index is 13.9. The van der Waals surface area contributed by atoms with Gasteiger partial charge in [0, 0.05) is 22.7 Å². The number of hydrogen-bond donors (Lipinski definition) is 0. The van der Waals surface area contributed by atoms with Gasteiger partial charge in [-0.05, 0) is 37.3 Å². The van der Waals surface area contributed by atoms with Gasteiger partial charge in [0.15, 0.2) is 0 Å². The number of hydrogen-bond acceptors (Lipinski definition) is 4. The van der Waals surface area contributed by atoms with Crippen LogP contribution in [0.1, 0.15) is 18.4 Å². The highest BCUT2D eigenvalue weighted by molar-refractivity contribution is 6.31. The maximum atomic E-state index is 13.9. The molecule has 0 aliphatic rings. The van der Waals surface area contributed by atoms with Gasteiger partial charge < -0.3 is 9.09 Å². The summed E-state index contributed by atoms with van der Waals surface area (Å²) in [6, 6.07) is 10.4. The van der Waals surface area contributed by atoms with Gasteiger partial charge in [0.25, 0.3) is 0 Å². The molecule has 0 aliphatic carbocycles. The lowest BCUT2D eigenvalue weighted by Gasteiger charge is -2.01. The summed E-state index contributed by atoms with van der Waals surface area (Å²) < 4.78 is 21.2. The highest BCUT2D eigenvalue weighted by atomic mass is 35.5. The quantitative estimate of drug-likeness (QED) is 0.540. The molecule has 0 aliphatic heterocycles. The summed E-state index contributed by atoms with van der Waals surface area (Å²) in [5.41, 5.74) is 3.05. The van der Waals surface area contributed by atoms with E-state index in [4.69, 9.17) is 16.1 Å². The van der Waals surface area contributed by atoms with Crippen LogP contribution < -0.4 is 0 Å². The van der Waals surface area contributed by atoms with Crippen LogP contribution in [-0.2, 0) is 13.0 Å². The first-order chi connectivity index (χ1) is 12.2. The summed E-state index contributed by atoms with van der Waals surface area (Å²) in [5.74, 6) is 0.357. The Hall–Kier alpha value is -2.73. The third kappa shape index (κ3) is 2.89. The highest BCUT2D eigenvalue weighted by Gasteiger charge is 2.15. The molecule has 126 valence electrons. The van der Waals surface area contributed by atoms with E-state index in [0.29, 0.717) is 22.3 Å². The summed E-state index contributed by atoms with van der Waals surface area (Å²) in [6.45, 7) is 2.92. The largest absolute Gasteiger partial charge is 0.339 e. The Bertz CT molecular complexity index is 1040. The first-order valence-electron chi connectivity index (χ1n) is 7.86. The van der Waals surface area contributed by atoms with Crippen molar-refractivity contribution >= 4 is 22.6 Å². The van der Waals surface area contributed by atoms with E-state index in [-0.39, 0.29) is 6.42 Å². The van der Waals surface area contributed by atoms with Gasteiger partial charge in [-0.15, -0.1) is 0 Å². The average Bonchev–Trinajstić information content (AvgIpc) is 3.24. The van der Waals surface area contributed by atoms with Crippen LogP contribution in [0.15, 0.2) is 47.2 Å². The summed E-state index contributed by atoms with van der Waals surface area (Å²) >= 11 is 6.04. The van der Waals surface area contributed by atoms with Gasteiger partial charge in [0.2, 0.25) is 11.7 Å². The fraction of sp³-hybridized carbons (Fsp3) is 0.167. The Morgan fingerprint density at radius 1 is 1.24 bits per heavy atom. The maximum Gasteiger partial charge on any atom is 0.231 e. The molecular formula is C18H14ClFN4O. The lowest BCUT2D eigenvalue weighted by atomic mass is 10.1. The van der Waals surface area contributed by atoms with Crippen molar-refractivity contribution in [1.82, 2.24) is 19.7 Å². The average molecular weight is 357 g/mol. The zero-order valence-corrected chi connectivity index (χ0v) is 14.2. The monoisotopic (exact) mass is 356 g/mol. The predicted octanol–water partition coefficient (Wildman–Crippen LogP) is 4.49. The number of benzene rings is 2. The van der Waals surface area contributed by atoms with E-state index in [1.165, 1.54) is 6.07 Å². The molecule has 7 heteroatoms. The second kappa shape index (κ2) is 6.29. The van der Waals surface area contributed by atoms with E-state index in [9.17, 15) is 4.39 Å². The van der Waals surface area contributed by atoms with Gasteiger partial charge in [-0.3, -0.25) is 0 Å². The number of imidazole rings is 1. The van der Waals surface area contributed by atoms with E-state index >= 15 is 0 Å². The van der Waals surface area contributed by atoms with E-state index < -0.39 is 5.82 Å². The van der Waals surface area contributed by atoms with Gasteiger partial charge >= 0.3 is 0 Å². The SMILES string of the molecule is CCn1cnc2cc(-c3noc(Cc4c(F)cccc4Cl)n3)ccc21. The smallest absolute Gasteiger partial charge is 0.231 e. The normalized spacial score (nSPS) is 11.3. The molecule has 0 fully saturated rings. The molecule has 0 bridgehead atoms. The number of fused-ring (bicyclic) bond motifs is 1. The van der Waals surface area contributed by atoms with Gasteiger partial charge in [0.1, 0.15) is 5.82 Å². The second-order valence-corrected chi connectivity index (χ2v) is 6.03. The molecule has 4 rings (SSSR count). The van der Waals surface area contributed by atoms with Gasteiger partial charge in [-0.2, -0.15) is 4.98 Å². The van der Waals surface area contributed by atoms with Crippen LogP contribution in [0.3, 0.4) is 0 Å². The molecule has 2 aromatic heterocycles. The summed E-state index contributed by atoms with van der Waals surface area (Å²) in [5, 5.41) is 4.33. The Kier molecular flexibility index (Phi) is 3.97. The summed E-state index contributed by atoms with van der Waals surface area (Å²) in [6.07, 6.45) is 1.95. The van der Waals surface area contributed by atoms with Gasteiger partial charge in [0.05, 0.1) is 23.8 Å². The molecule has 0 N–H and O–H groups in total. The minimum absolute atomic E-state index is 0.144. The number of rotatable bonds is 4. The third-order valence-electron chi connectivity index (χ3n) is 4.08. The summed E-state index contributed by atoms with van der Waals surface area (Å²) in [4.78, 5) is 8.74. The number of halogens is 2. The van der Waals surface area contributed by atoms with Crippen LogP contribution in [0.4, 0.5) is 4.39 Å². The van der Waals surface area contributed by atoms with Crippen molar-refractivity contribution in [1.29, 1.82) is 0 Å². The first kappa shape index (κ1) is 15.8. The van der Waals surface area contributed by atoms with Crippen LogP contribution >= 0.6 is 11.6 Å². The van der Waals surface area contributed by atoms with Crippen LogP contribution in [-0.4, -0.2) is 19.7 Å². The minimum Gasteiger partial charge on any atom is -0.339 e. The molecule has 2 aromatic carbocycles. The van der Waals surface area contributed by atoms with Crippen molar-refractivity contribution in [2.45, 2.75) is 19.9 Å². The predicted molar refractivity (Wildman–Crippen MR) is 92.9 cm³/mol. The van der Waals surface area contributed by atoms with Gasteiger partial charge in [-0.1, -0.05) is 22.8 Å². The molecule has 25 heavy (non-hydrogen) atoms. The number of aryl methyl sites for hydroxylation is 1. The molecule has 0 atom stereocenters. The fourth-order valence-corrected chi connectivity index (χ4v) is 2.98. The van der Waals surface area contributed by atoms with E-state index in [1.807, 2.05) is 18.2 Å². The van der Waals surface area contributed by atoms with Crippen LogP contribution in [0, 0.1) is 5.82 Å². The minimum atomic E-state index is -0.390. The van der Waals surface area contributed by atoms with Gasteiger partial charge in [-0.25, -0.2) is 9.37 Å². The second-order valence-electron chi connectivity index (χ2n) is 5.62. The van der Waals surface area contributed by atoms with E-state index in [1.54, 1.807) is 18.5 Å². The third-order valence-corrected chi connectivity index (χ3v) is 4.43. The van der Waals surface area contributed by atoms with Crippen molar-refractivity contribution in [3.8, 4) is 11.4 Å². The molecular weight excluding hydrogens is 343 g/mol. The topological polar surface area (TPSA) is 56.7 Å². The Balaban J connectivity index is 1.65. The molecule has 0 spiro atoms. The fourth-order valence-electron chi connectivity index (χ4n) is 2.75. The van der Waals surface area contributed by atoms with Crippen LogP contribution in [0.25, 0.3) is 22.4 Å². The molecule has 0 radical (unpaired) electrons. The van der Waals surface area contributed by atoms with E-state index in [0.717, 1.165) is 23.1 Å². The molecule has 0 unspecified atom stereocenters. The van der Waals surface area contributed by atoms with Crippen molar-refractivity contribution < 1.29 is 8.91 Å². The molecule has 5 nitrogen and oxygen atoms in total. The molecule has 0 saturated heterocycles. The van der Waals surface area contributed by atoms with Crippen molar-refractivity contribution in [2.24, 2.45) is 0 Å². The van der Waals surface area contributed by atoms with Crippen LogP contribution in [0.2, 0.25) is 5.02 Å². The van der Waals surface area contributed by atoms with Crippen molar-refractivity contribution in [3.05, 3.63) is 65.0 Å². The highest BCUT2D eigenvalue weighted by Crippen LogP contribution is 2.25. The van der Waals surface area contributed by atoms with Crippen molar-refractivity contribution in [3.63, 3.8) is 0 Å². The van der Waals surface area contributed by atoms with E-state index in [2.05, 4.69) is 26.6 Å². The summed E-state index contributed by atoms with van der Waals surface area (Å²) in [7, 11) is 0. The number of aromatic nitrogens is 4. The Labute approximate surface area is 148 Å². The first-order valence-corrected chi connectivity index (χ1v) is 8.24. The molecule has 4 aromatic rings. The Morgan fingerprint density at radius 2 is 2.12 bits per heavy atom. The Morgan fingerprint density at radius 3 is 2.92 bits per heavy atom. The van der Waals surface area contributed by atoms with Crippen molar-refractivity contribution in [2.75, 3.05) is 0 Å². The lowest BCUT2D eigenvalue weighted by molar-refractivity contribution is 0.384. The zero-order valence-electron chi connectivity index (χ0n) is 13.4. The lowest BCUT2D eigenvalue weighted by Crippen LogP contribution is -1.94. The molecule has 2 heterocycles.